The van der Waals surface area contributed by atoms with Crippen molar-refractivity contribution in [1.82, 2.24) is 5.32 Å². The summed E-state index contributed by atoms with van der Waals surface area (Å²) in [6, 6.07) is 7.25. The molecular weight excluding hydrogens is 262 g/mol. The molecule has 0 heterocycles. The Labute approximate surface area is 126 Å². The molecule has 2 N–H and O–H groups in total. The number of amides is 1. The maximum atomic E-state index is 12.2. The molecule has 1 saturated carbocycles. The SMILES string of the molecule is CC(NC(=O)c1ccc(C#CC2CC2)cc1)C(C)(C)CO. The van der Waals surface area contributed by atoms with Crippen LogP contribution in [-0.2, 0) is 0 Å². The molecule has 2 rings (SSSR count). The molecule has 1 unspecified atom stereocenters. The van der Waals surface area contributed by atoms with Crippen LogP contribution in [0.15, 0.2) is 24.3 Å². The van der Waals surface area contributed by atoms with Gasteiger partial charge in [0.25, 0.3) is 5.91 Å². The van der Waals surface area contributed by atoms with Gasteiger partial charge < -0.3 is 10.4 Å². The van der Waals surface area contributed by atoms with Crippen molar-refractivity contribution in [2.24, 2.45) is 11.3 Å². The molecule has 3 heteroatoms. The van der Waals surface area contributed by atoms with E-state index in [1.54, 1.807) is 12.1 Å². The van der Waals surface area contributed by atoms with Gasteiger partial charge in [-0.15, -0.1) is 0 Å². The summed E-state index contributed by atoms with van der Waals surface area (Å²) in [5.41, 5.74) is 1.22. The van der Waals surface area contributed by atoms with E-state index in [9.17, 15) is 9.90 Å². The molecule has 0 spiro atoms. The van der Waals surface area contributed by atoms with Crippen LogP contribution in [-0.4, -0.2) is 23.7 Å². The van der Waals surface area contributed by atoms with Gasteiger partial charge in [-0.05, 0) is 44.0 Å². The van der Waals surface area contributed by atoms with E-state index in [1.807, 2.05) is 32.9 Å². The highest BCUT2D eigenvalue weighted by atomic mass is 16.3. The first-order valence-electron chi connectivity index (χ1n) is 7.46. The zero-order valence-electron chi connectivity index (χ0n) is 12.9. The van der Waals surface area contributed by atoms with Gasteiger partial charge >= 0.3 is 0 Å². The third kappa shape index (κ3) is 4.34. The lowest BCUT2D eigenvalue weighted by Gasteiger charge is -2.30. The number of carbonyl (C=O) groups excluding carboxylic acids is 1. The third-order valence-corrected chi connectivity index (χ3v) is 4.07. The number of aliphatic hydroxyl groups excluding tert-OH is 1. The van der Waals surface area contributed by atoms with Crippen LogP contribution in [0.3, 0.4) is 0 Å². The number of hydrogen-bond donors (Lipinski definition) is 2. The Bertz CT molecular complexity index is 559. The van der Waals surface area contributed by atoms with Crippen molar-refractivity contribution in [3.63, 3.8) is 0 Å². The summed E-state index contributed by atoms with van der Waals surface area (Å²) in [4.78, 5) is 12.2. The van der Waals surface area contributed by atoms with Gasteiger partial charge in [0, 0.05) is 28.5 Å². The monoisotopic (exact) mass is 285 g/mol. The molecule has 0 aromatic heterocycles. The lowest BCUT2D eigenvalue weighted by atomic mass is 9.86. The summed E-state index contributed by atoms with van der Waals surface area (Å²) < 4.78 is 0. The smallest absolute Gasteiger partial charge is 0.251 e. The van der Waals surface area contributed by atoms with E-state index in [2.05, 4.69) is 17.2 Å². The molecule has 0 aliphatic heterocycles. The minimum Gasteiger partial charge on any atom is -0.396 e. The fourth-order valence-electron chi connectivity index (χ4n) is 1.73. The Kier molecular flexibility index (Phi) is 4.69. The maximum absolute atomic E-state index is 12.2. The summed E-state index contributed by atoms with van der Waals surface area (Å²) in [6.07, 6.45) is 2.43. The van der Waals surface area contributed by atoms with E-state index < -0.39 is 0 Å². The number of carbonyl (C=O) groups is 1. The first-order chi connectivity index (χ1) is 9.92. The van der Waals surface area contributed by atoms with Crippen molar-refractivity contribution in [3.05, 3.63) is 35.4 Å². The molecule has 1 aromatic rings. The number of aliphatic hydroxyl groups is 1. The predicted octanol–water partition coefficient (Wildman–Crippen LogP) is 2.58. The van der Waals surface area contributed by atoms with E-state index >= 15 is 0 Å². The highest BCUT2D eigenvalue weighted by Gasteiger charge is 2.26. The van der Waals surface area contributed by atoms with E-state index in [0.29, 0.717) is 11.5 Å². The van der Waals surface area contributed by atoms with Crippen LogP contribution in [0.4, 0.5) is 0 Å². The van der Waals surface area contributed by atoms with Crippen LogP contribution in [0.1, 0.15) is 49.5 Å². The molecule has 0 saturated heterocycles. The molecule has 1 aliphatic carbocycles. The van der Waals surface area contributed by atoms with Crippen LogP contribution in [0.5, 0.6) is 0 Å². The number of nitrogens with one attached hydrogen (secondary N) is 1. The van der Waals surface area contributed by atoms with Crippen molar-refractivity contribution < 1.29 is 9.90 Å². The molecule has 0 radical (unpaired) electrons. The maximum Gasteiger partial charge on any atom is 0.251 e. The van der Waals surface area contributed by atoms with Crippen molar-refractivity contribution in [2.75, 3.05) is 6.61 Å². The fraction of sp³-hybridized carbons (Fsp3) is 0.500. The van der Waals surface area contributed by atoms with Gasteiger partial charge in [-0.2, -0.15) is 0 Å². The molecule has 1 fully saturated rings. The molecule has 3 nitrogen and oxygen atoms in total. The minimum absolute atomic E-state index is 0.0319. The summed E-state index contributed by atoms with van der Waals surface area (Å²) in [7, 11) is 0. The number of rotatable bonds is 4. The Balaban J connectivity index is 1.98. The Morgan fingerprint density at radius 3 is 2.52 bits per heavy atom. The van der Waals surface area contributed by atoms with Crippen LogP contribution in [0.2, 0.25) is 0 Å². The average Bonchev–Trinajstić information content (AvgIpc) is 3.29. The Morgan fingerprint density at radius 1 is 1.38 bits per heavy atom. The first-order valence-corrected chi connectivity index (χ1v) is 7.46. The molecule has 1 aliphatic rings. The van der Waals surface area contributed by atoms with Crippen molar-refractivity contribution in [3.8, 4) is 11.8 Å². The highest BCUT2D eigenvalue weighted by molar-refractivity contribution is 5.94. The van der Waals surface area contributed by atoms with Crippen LogP contribution in [0, 0.1) is 23.2 Å². The van der Waals surface area contributed by atoms with Crippen LogP contribution < -0.4 is 5.32 Å². The normalized spacial score (nSPS) is 15.8. The van der Waals surface area contributed by atoms with Gasteiger partial charge in [-0.3, -0.25) is 4.79 Å². The molecule has 21 heavy (non-hydrogen) atoms. The van der Waals surface area contributed by atoms with Gasteiger partial charge in [0.1, 0.15) is 0 Å². The summed E-state index contributed by atoms with van der Waals surface area (Å²) >= 11 is 0. The summed E-state index contributed by atoms with van der Waals surface area (Å²) in [5, 5.41) is 12.3. The topological polar surface area (TPSA) is 49.3 Å². The summed E-state index contributed by atoms with van der Waals surface area (Å²) in [6.45, 7) is 5.79. The van der Waals surface area contributed by atoms with Crippen LogP contribution in [0.25, 0.3) is 0 Å². The molecule has 1 aromatic carbocycles. The largest absolute Gasteiger partial charge is 0.396 e. The first kappa shape index (κ1) is 15.6. The Morgan fingerprint density at radius 2 is 2.00 bits per heavy atom. The second-order valence-corrected chi connectivity index (χ2v) is 6.46. The molecule has 1 amide bonds. The van der Waals surface area contributed by atoms with Gasteiger partial charge in [0.05, 0.1) is 6.61 Å². The van der Waals surface area contributed by atoms with Gasteiger partial charge in [0.2, 0.25) is 0 Å². The summed E-state index contributed by atoms with van der Waals surface area (Å²) in [5.74, 6) is 6.79. The van der Waals surface area contributed by atoms with Gasteiger partial charge in [-0.1, -0.05) is 25.7 Å². The second-order valence-electron chi connectivity index (χ2n) is 6.46. The third-order valence-electron chi connectivity index (χ3n) is 4.07. The zero-order chi connectivity index (χ0) is 15.5. The van der Waals surface area contributed by atoms with E-state index in [1.165, 1.54) is 12.8 Å². The second kappa shape index (κ2) is 6.32. The van der Waals surface area contributed by atoms with Crippen molar-refractivity contribution in [1.29, 1.82) is 0 Å². The quantitative estimate of drug-likeness (QED) is 0.835. The van der Waals surface area contributed by atoms with E-state index in [0.717, 1.165) is 5.56 Å². The fourth-order valence-corrected chi connectivity index (χ4v) is 1.73. The predicted molar refractivity (Wildman–Crippen MR) is 83.8 cm³/mol. The molecule has 1 atom stereocenters. The lowest BCUT2D eigenvalue weighted by molar-refractivity contribution is 0.0834. The molecular formula is C18H23NO2. The highest BCUT2D eigenvalue weighted by Crippen LogP contribution is 2.27. The van der Waals surface area contributed by atoms with E-state index in [4.69, 9.17) is 0 Å². The number of hydrogen-bond acceptors (Lipinski definition) is 2. The van der Waals surface area contributed by atoms with Crippen molar-refractivity contribution in [2.45, 2.75) is 39.7 Å². The average molecular weight is 285 g/mol. The zero-order valence-corrected chi connectivity index (χ0v) is 12.9. The number of benzene rings is 1. The standard InChI is InChI=1S/C18H23NO2/c1-13(18(2,3)12-20)19-17(21)16-10-8-15(9-11-16)7-6-14-4-5-14/h8-11,13-14,20H,4-5,12H2,1-3H3,(H,19,21). The lowest BCUT2D eigenvalue weighted by Crippen LogP contribution is -2.44. The Hall–Kier alpha value is -1.79. The van der Waals surface area contributed by atoms with Crippen LogP contribution >= 0.6 is 0 Å². The minimum atomic E-state index is -0.342. The van der Waals surface area contributed by atoms with Gasteiger partial charge in [-0.25, -0.2) is 0 Å². The van der Waals surface area contributed by atoms with Gasteiger partial charge in [0.15, 0.2) is 0 Å². The molecule has 0 bridgehead atoms. The molecule has 112 valence electrons. The van der Waals surface area contributed by atoms with E-state index in [-0.39, 0.29) is 24.0 Å². The van der Waals surface area contributed by atoms with Crippen molar-refractivity contribution >= 4 is 5.91 Å².